The molecular weight excluding hydrogens is 368 g/mol. The van der Waals surface area contributed by atoms with Gasteiger partial charge in [0.15, 0.2) is 0 Å². The van der Waals surface area contributed by atoms with Gasteiger partial charge in [-0.25, -0.2) is 13.2 Å². The van der Waals surface area contributed by atoms with Crippen LogP contribution < -0.4 is 10.0 Å². The highest BCUT2D eigenvalue weighted by Crippen LogP contribution is 2.24. The molecule has 25 heavy (non-hydrogen) atoms. The third-order valence-electron chi connectivity index (χ3n) is 3.29. The molecule has 0 saturated heterocycles. The smallest absolute Gasteiger partial charge is 0.344 e. The number of carbonyl (C=O) groups excluding carboxylic acids is 2. The Kier molecular flexibility index (Phi) is 5.78. The van der Waals surface area contributed by atoms with Crippen LogP contribution in [0.5, 0.6) is 0 Å². The molecule has 0 spiro atoms. The molecule has 2 rings (SSSR count). The first kappa shape index (κ1) is 18.9. The van der Waals surface area contributed by atoms with Crippen LogP contribution in [0.2, 0.25) is 0 Å². The first-order valence-electron chi connectivity index (χ1n) is 7.08. The lowest BCUT2D eigenvalue weighted by Crippen LogP contribution is -2.62. The first-order chi connectivity index (χ1) is 11.8. The van der Waals surface area contributed by atoms with E-state index in [0.717, 1.165) is 6.92 Å². The number of rotatable bonds is 6. The van der Waals surface area contributed by atoms with E-state index in [4.69, 9.17) is 11.9 Å². The van der Waals surface area contributed by atoms with Gasteiger partial charge in [0.25, 0.3) is 0 Å². The Labute approximate surface area is 150 Å². The van der Waals surface area contributed by atoms with Gasteiger partial charge in [0, 0.05) is 12.5 Å². The number of carbonyl (C=O) groups is 2. The van der Waals surface area contributed by atoms with Crippen LogP contribution in [0.15, 0.2) is 65.6 Å². The molecule has 0 radical (unpaired) electrons. The van der Waals surface area contributed by atoms with Gasteiger partial charge in [-0.15, -0.1) is 0 Å². The number of halogens is 1. The lowest BCUT2D eigenvalue weighted by atomic mass is 10.0. The molecule has 9 heteroatoms. The topological polar surface area (TPSA) is 102 Å². The fourth-order valence-electron chi connectivity index (χ4n) is 2.24. The molecule has 1 atom stereocenters. The van der Waals surface area contributed by atoms with Gasteiger partial charge < -0.3 is 9.61 Å². The van der Waals surface area contributed by atoms with Crippen molar-refractivity contribution in [2.45, 2.75) is 17.5 Å². The summed E-state index contributed by atoms with van der Waals surface area (Å²) in [5.74, 6) is -1.86. The van der Waals surface area contributed by atoms with E-state index in [1.165, 1.54) is 36.4 Å². The fraction of sp³-hybridized carbons (Fsp3) is 0.125. The molecular formula is C16H15ClN2O5S. The largest absolute Gasteiger partial charge is 0.371 e. The fourth-order valence-corrected chi connectivity index (χ4v) is 3.64. The molecule has 0 aliphatic heterocycles. The van der Waals surface area contributed by atoms with E-state index in [9.17, 15) is 18.0 Å². The van der Waals surface area contributed by atoms with E-state index < -0.39 is 27.6 Å². The van der Waals surface area contributed by atoms with E-state index in [1.807, 2.05) is 0 Å². The number of nitrogens with one attached hydrogen (secondary N) is 2. The first-order valence-corrected chi connectivity index (χ1v) is 8.87. The Balaban J connectivity index is 2.62. The third kappa shape index (κ3) is 4.16. The van der Waals surface area contributed by atoms with E-state index in [-0.39, 0.29) is 10.5 Å². The zero-order valence-corrected chi connectivity index (χ0v) is 14.7. The third-order valence-corrected chi connectivity index (χ3v) is 4.90. The van der Waals surface area contributed by atoms with Crippen molar-refractivity contribution in [2.24, 2.45) is 0 Å². The minimum Gasteiger partial charge on any atom is -0.344 e. The molecule has 2 N–H and O–H groups in total. The second kappa shape index (κ2) is 7.64. The van der Waals surface area contributed by atoms with Gasteiger partial charge in [0.1, 0.15) is 11.9 Å². The maximum absolute atomic E-state index is 12.7. The van der Waals surface area contributed by atoms with Gasteiger partial charge in [0.2, 0.25) is 21.6 Å². The van der Waals surface area contributed by atoms with Crippen molar-refractivity contribution in [3.8, 4) is 0 Å². The molecule has 0 aliphatic carbocycles. The molecule has 7 nitrogen and oxygen atoms in total. The van der Waals surface area contributed by atoms with Crippen LogP contribution >= 0.6 is 11.9 Å². The van der Waals surface area contributed by atoms with Crippen molar-refractivity contribution in [3.63, 3.8) is 0 Å². The zero-order valence-electron chi connectivity index (χ0n) is 13.1. The van der Waals surface area contributed by atoms with Gasteiger partial charge in [-0.05, 0) is 12.1 Å². The number of benzene rings is 2. The summed E-state index contributed by atoms with van der Waals surface area (Å²) in [7, 11) is -4.19. The maximum Gasteiger partial charge on any atom is 0.371 e. The van der Waals surface area contributed by atoms with Gasteiger partial charge in [-0.1, -0.05) is 48.5 Å². The van der Waals surface area contributed by atoms with Crippen molar-refractivity contribution in [3.05, 3.63) is 66.2 Å². The van der Waals surface area contributed by atoms with Gasteiger partial charge >= 0.3 is 5.97 Å². The molecule has 0 saturated carbocycles. The minimum atomic E-state index is -4.19. The lowest BCUT2D eigenvalue weighted by Gasteiger charge is -2.31. The summed E-state index contributed by atoms with van der Waals surface area (Å²) in [5.41, 5.74) is -2.08. The number of hydrogen-bond donors (Lipinski definition) is 2. The van der Waals surface area contributed by atoms with Crippen LogP contribution in [-0.4, -0.2) is 20.3 Å². The van der Waals surface area contributed by atoms with Crippen molar-refractivity contribution in [1.82, 2.24) is 10.0 Å². The summed E-state index contributed by atoms with van der Waals surface area (Å²) in [6.45, 7) is 1.13. The summed E-state index contributed by atoms with van der Waals surface area (Å²) in [5, 5.41) is 2.30. The van der Waals surface area contributed by atoms with Crippen LogP contribution in [0.25, 0.3) is 0 Å². The van der Waals surface area contributed by atoms with E-state index in [0.29, 0.717) is 0 Å². The van der Waals surface area contributed by atoms with Crippen molar-refractivity contribution < 1.29 is 22.3 Å². The molecule has 2 aromatic rings. The second-order valence-corrected chi connectivity index (χ2v) is 6.92. The Morgan fingerprint density at radius 2 is 1.52 bits per heavy atom. The predicted octanol–water partition coefficient (Wildman–Crippen LogP) is 1.65. The average molecular weight is 383 g/mol. The standard InChI is InChI=1S/C16H15ClN2O5S/c1-12(20)18-16(15(21)24-17,13-8-4-2-5-9-13)19-25(22,23)14-10-6-3-7-11-14/h2-11,19H,1H3,(H,18,20). The van der Waals surface area contributed by atoms with Gasteiger partial charge in [-0.2, -0.15) is 4.72 Å². The van der Waals surface area contributed by atoms with E-state index in [2.05, 4.69) is 14.3 Å². The zero-order chi connectivity index (χ0) is 18.5. The number of amides is 1. The summed E-state index contributed by atoms with van der Waals surface area (Å²) < 4.78 is 31.9. The monoisotopic (exact) mass is 382 g/mol. The molecule has 132 valence electrons. The van der Waals surface area contributed by atoms with Crippen LogP contribution in [-0.2, 0) is 29.6 Å². The Morgan fingerprint density at radius 3 is 2.00 bits per heavy atom. The molecule has 0 fully saturated rings. The van der Waals surface area contributed by atoms with Crippen molar-refractivity contribution in [2.75, 3.05) is 0 Å². The number of hydrogen-bond acceptors (Lipinski definition) is 5. The molecule has 1 unspecified atom stereocenters. The van der Waals surface area contributed by atoms with Gasteiger partial charge in [-0.3, -0.25) is 4.79 Å². The van der Waals surface area contributed by atoms with Crippen LogP contribution in [0.3, 0.4) is 0 Å². The van der Waals surface area contributed by atoms with Crippen LogP contribution in [0, 0.1) is 0 Å². The SMILES string of the molecule is CC(=O)NC(NS(=O)(=O)c1ccccc1)(C(=O)OCl)c1ccccc1. The normalized spacial score (nSPS) is 13.5. The molecule has 0 aliphatic rings. The summed E-state index contributed by atoms with van der Waals surface area (Å²) in [6, 6.07) is 15.1. The van der Waals surface area contributed by atoms with E-state index in [1.54, 1.807) is 24.3 Å². The van der Waals surface area contributed by atoms with Gasteiger partial charge in [0.05, 0.1) is 4.90 Å². The van der Waals surface area contributed by atoms with Crippen molar-refractivity contribution >= 4 is 33.8 Å². The second-order valence-electron chi connectivity index (χ2n) is 5.08. The molecule has 0 heterocycles. The Bertz CT molecular complexity index is 859. The average Bonchev–Trinajstić information content (AvgIpc) is 2.61. The highest BCUT2D eigenvalue weighted by molar-refractivity contribution is 7.89. The van der Waals surface area contributed by atoms with Crippen molar-refractivity contribution in [1.29, 1.82) is 0 Å². The predicted molar refractivity (Wildman–Crippen MR) is 90.6 cm³/mol. The Morgan fingerprint density at radius 1 is 1.00 bits per heavy atom. The summed E-state index contributed by atoms with van der Waals surface area (Å²) >= 11 is 5.21. The highest BCUT2D eigenvalue weighted by atomic mass is 35.5. The quantitative estimate of drug-likeness (QED) is 0.740. The summed E-state index contributed by atoms with van der Waals surface area (Å²) in [4.78, 5) is 24.0. The minimum absolute atomic E-state index is 0.0944. The lowest BCUT2D eigenvalue weighted by molar-refractivity contribution is -0.145. The Hall–Kier alpha value is -2.42. The van der Waals surface area contributed by atoms with Crippen LogP contribution in [0.1, 0.15) is 12.5 Å². The maximum atomic E-state index is 12.7. The highest BCUT2D eigenvalue weighted by Gasteiger charge is 2.47. The molecule has 0 aromatic heterocycles. The van der Waals surface area contributed by atoms with Crippen LogP contribution in [0.4, 0.5) is 0 Å². The molecule has 2 aromatic carbocycles. The number of sulfonamides is 1. The molecule has 1 amide bonds. The summed E-state index contributed by atoms with van der Waals surface area (Å²) in [6.07, 6.45) is 0. The molecule has 0 bridgehead atoms. The van der Waals surface area contributed by atoms with E-state index >= 15 is 0 Å².